The predicted octanol–water partition coefficient (Wildman–Crippen LogP) is 3.79. The molecule has 138 valence electrons. The molecule has 0 radical (unpaired) electrons. The Morgan fingerprint density at radius 3 is 2.89 bits per heavy atom. The zero-order valence-electron chi connectivity index (χ0n) is 15.4. The Morgan fingerprint density at radius 2 is 2.04 bits per heavy atom. The maximum Gasteiger partial charge on any atom is 0.338 e. The molecule has 1 aliphatic rings. The van der Waals surface area contributed by atoms with E-state index in [0.29, 0.717) is 16.5 Å². The average Bonchev–Trinajstić information content (AvgIpc) is 2.91. The molecule has 0 saturated carbocycles. The lowest BCUT2D eigenvalue weighted by Crippen LogP contribution is -2.24. The first-order valence-corrected chi connectivity index (χ1v) is 9.38. The van der Waals surface area contributed by atoms with Crippen LogP contribution in [0.5, 0.6) is 0 Å². The minimum atomic E-state index is -0.407. The number of fused-ring (bicyclic) bond motifs is 2. The standard InChI is InChI=1S/C22H22N2O3/c1-15-6-5-7-16(12-15)14-27-22(26)17-9-10-18-19(13-17)23-20-8-3-2-4-11-24(20)21(18)25/h5-7,9-10,12-13H,2-4,8,11,14H2,1H3. The molecule has 0 N–H and O–H groups in total. The summed E-state index contributed by atoms with van der Waals surface area (Å²) in [6.07, 6.45) is 3.95. The van der Waals surface area contributed by atoms with E-state index in [1.807, 2.05) is 31.2 Å². The number of aryl methyl sites for hydroxylation is 2. The van der Waals surface area contributed by atoms with Crippen molar-refractivity contribution in [3.63, 3.8) is 0 Å². The van der Waals surface area contributed by atoms with Crippen LogP contribution >= 0.6 is 0 Å². The molecule has 0 saturated heterocycles. The zero-order chi connectivity index (χ0) is 18.8. The fourth-order valence-electron chi connectivity index (χ4n) is 3.58. The number of ether oxygens (including phenoxy) is 1. The van der Waals surface area contributed by atoms with Crippen molar-refractivity contribution in [2.24, 2.45) is 0 Å². The molecule has 0 spiro atoms. The van der Waals surface area contributed by atoms with Gasteiger partial charge < -0.3 is 4.74 Å². The van der Waals surface area contributed by atoms with Crippen molar-refractivity contribution in [1.29, 1.82) is 0 Å². The third-order valence-corrected chi connectivity index (χ3v) is 5.00. The monoisotopic (exact) mass is 362 g/mol. The second kappa shape index (κ2) is 7.35. The van der Waals surface area contributed by atoms with E-state index >= 15 is 0 Å². The molecule has 4 rings (SSSR count). The topological polar surface area (TPSA) is 61.2 Å². The number of nitrogens with zero attached hydrogens (tertiary/aromatic N) is 2. The molecule has 0 unspecified atom stereocenters. The fourth-order valence-corrected chi connectivity index (χ4v) is 3.58. The van der Waals surface area contributed by atoms with Crippen LogP contribution in [0.15, 0.2) is 47.3 Å². The second-order valence-electron chi connectivity index (χ2n) is 7.09. The summed E-state index contributed by atoms with van der Waals surface area (Å²) < 4.78 is 7.21. The molecule has 0 aliphatic carbocycles. The van der Waals surface area contributed by atoms with E-state index in [-0.39, 0.29) is 12.2 Å². The Balaban J connectivity index is 1.61. The van der Waals surface area contributed by atoms with Crippen LogP contribution in [-0.2, 0) is 24.3 Å². The Bertz CT molecular complexity index is 1070. The lowest BCUT2D eigenvalue weighted by molar-refractivity contribution is 0.0473. The van der Waals surface area contributed by atoms with Crippen LogP contribution in [0, 0.1) is 6.92 Å². The molecule has 2 aromatic carbocycles. The van der Waals surface area contributed by atoms with Gasteiger partial charge in [0.15, 0.2) is 0 Å². The maximum absolute atomic E-state index is 12.8. The third-order valence-electron chi connectivity index (χ3n) is 5.00. The van der Waals surface area contributed by atoms with Crippen molar-refractivity contribution in [3.8, 4) is 0 Å². The van der Waals surface area contributed by atoms with E-state index in [9.17, 15) is 9.59 Å². The predicted molar refractivity (Wildman–Crippen MR) is 104 cm³/mol. The highest BCUT2D eigenvalue weighted by atomic mass is 16.5. The second-order valence-corrected chi connectivity index (χ2v) is 7.09. The van der Waals surface area contributed by atoms with Gasteiger partial charge in [-0.2, -0.15) is 0 Å². The summed E-state index contributed by atoms with van der Waals surface area (Å²) in [6.45, 7) is 2.94. The number of hydrogen-bond acceptors (Lipinski definition) is 4. The van der Waals surface area contributed by atoms with E-state index in [2.05, 4.69) is 4.98 Å². The molecule has 27 heavy (non-hydrogen) atoms. The van der Waals surface area contributed by atoms with Gasteiger partial charge >= 0.3 is 5.97 Å². The van der Waals surface area contributed by atoms with Crippen LogP contribution < -0.4 is 5.56 Å². The number of benzene rings is 2. The summed E-state index contributed by atoms with van der Waals surface area (Å²) in [6, 6.07) is 12.9. The van der Waals surface area contributed by atoms with E-state index in [0.717, 1.165) is 49.2 Å². The molecule has 1 aliphatic heterocycles. The SMILES string of the molecule is Cc1cccc(COC(=O)c2ccc3c(=O)n4c(nc3c2)CCCCC4)c1. The first-order valence-electron chi connectivity index (χ1n) is 9.38. The summed E-state index contributed by atoms with van der Waals surface area (Å²) in [4.78, 5) is 29.9. The highest BCUT2D eigenvalue weighted by Gasteiger charge is 2.16. The summed E-state index contributed by atoms with van der Waals surface area (Å²) in [5, 5.41) is 0.552. The Kier molecular flexibility index (Phi) is 4.75. The van der Waals surface area contributed by atoms with Gasteiger partial charge in [0.25, 0.3) is 5.56 Å². The van der Waals surface area contributed by atoms with Gasteiger partial charge in [0.2, 0.25) is 0 Å². The lowest BCUT2D eigenvalue weighted by Gasteiger charge is -2.11. The van der Waals surface area contributed by atoms with Crippen LogP contribution in [0.4, 0.5) is 0 Å². The van der Waals surface area contributed by atoms with Gasteiger partial charge in [0.05, 0.1) is 16.5 Å². The number of esters is 1. The van der Waals surface area contributed by atoms with Gasteiger partial charge in [-0.15, -0.1) is 0 Å². The van der Waals surface area contributed by atoms with Gasteiger partial charge in [-0.3, -0.25) is 9.36 Å². The van der Waals surface area contributed by atoms with Crippen LogP contribution in [-0.4, -0.2) is 15.5 Å². The van der Waals surface area contributed by atoms with Gasteiger partial charge in [0.1, 0.15) is 12.4 Å². The minimum Gasteiger partial charge on any atom is -0.457 e. The highest BCUT2D eigenvalue weighted by molar-refractivity contribution is 5.94. The Morgan fingerprint density at radius 1 is 1.15 bits per heavy atom. The van der Waals surface area contributed by atoms with Crippen molar-refractivity contribution in [2.45, 2.75) is 45.8 Å². The molecule has 5 nitrogen and oxygen atoms in total. The largest absolute Gasteiger partial charge is 0.457 e. The number of rotatable bonds is 3. The minimum absolute atomic E-state index is 0.0171. The zero-order valence-corrected chi connectivity index (χ0v) is 15.4. The Labute approximate surface area is 157 Å². The molecule has 0 bridgehead atoms. The molecule has 0 atom stereocenters. The molecule has 0 amide bonds. The van der Waals surface area contributed by atoms with E-state index in [4.69, 9.17) is 4.74 Å². The van der Waals surface area contributed by atoms with E-state index in [1.54, 1.807) is 22.8 Å². The van der Waals surface area contributed by atoms with Gasteiger partial charge in [0, 0.05) is 13.0 Å². The molecule has 3 aromatic rings. The molecule has 2 heterocycles. The van der Waals surface area contributed by atoms with Crippen LogP contribution in [0.2, 0.25) is 0 Å². The third kappa shape index (κ3) is 3.63. The number of hydrogen-bond donors (Lipinski definition) is 0. The smallest absolute Gasteiger partial charge is 0.338 e. The van der Waals surface area contributed by atoms with Crippen molar-refractivity contribution in [1.82, 2.24) is 9.55 Å². The van der Waals surface area contributed by atoms with Crippen molar-refractivity contribution < 1.29 is 9.53 Å². The van der Waals surface area contributed by atoms with Crippen molar-refractivity contribution >= 4 is 16.9 Å². The van der Waals surface area contributed by atoms with Crippen LogP contribution in [0.1, 0.15) is 46.6 Å². The fraction of sp³-hybridized carbons (Fsp3) is 0.318. The normalized spacial score (nSPS) is 13.8. The van der Waals surface area contributed by atoms with Crippen LogP contribution in [0.25, 0.3) is 10.9 Å². The summed E-state index contributed by atoms with van der Waals surface area (Å²) in [5.41, 5.74) is 3.04. The van der Waals surface area contributed by atoms with E-state index in [1.165, 1.54) is 0 Å². The number of aromatic nitrogens is 2. The average molecular weight is 362 g/mol. The van der Waals surface area contributed by atoms with E-state index < -0.39 is 5.97 Å². The molecular weight excluding hydrogens is 340 g/mol. The first kappa shape index (κ1) is 17.5. The maximum atomic E-state index is 12.8. The Hall–Kier alpha value is -2.95. The lowest BCUT2D eigenvalue weighted by atomic mass is 10.1. The highest BCUT2D eigenvalue weighted by Crippen LogP contribution is 2.17. The summed E-state index contributed by atoms with van der Waals surface area (Å²) in [5.74, 6) is 0.408. The molecule has 1 aromatic heterocycles. The molecular formula is C22H22N2O3. The van der Waals surface area contributed by atoms with Crippen LogP contribution in [0.3, 0.4) is 0 Å². The number of carbonyl (C=O) groups is 1. The van der Waals surface area contributed by atoms with Crippen molar-refractivity contribution in [2.75, 3.05) is 0 Å². The first-order chi connectivity index (χ1) is 13.1. The van der Waals surface area contributed by atoms with Gasteiger partial charge in [-0.05, 0) is 43.5 Å². The summed E-state index contributed by atoms with van der Waals surface area (Å²) >= 11 is 0. The van der Waals surface area contributed by atoms with Gasteiger partial charge in [-0.1, -0.05) is 36.2 Å². The number of carbonyl (C=O) groups excluding carboxylic acids is 1. The van der Waals surface area contributed by atoms with Gasteiger partial charge in [-0.25, -0.2) is 9.78 Å². The molecule has 0 fully saturated rings. The van der Waals surface area contributed by atoms with Crippen molar-refractivity contribution in [3.05, 3.63) is 75.3 Å². The quantitative estimate of drug-likeness (QED) is 0.665. The molecule has 5 heteroatoms. The summed E-state index contributed by atoms with van der Waals surface area (Å²) in [7, 11) is 0.